The average molecular weight is 422 g/mol. The van der Waals surface area contributed by atoms with E-state index in [2.05, 4.69) is 29.2 Å². The second-order valence-corrected chi connectivity index (χ2v) is 8.26. The maximum atomic E-state index is 13.0. The van der Waals surface area contributed by atoms with Crippen molar-refractivity contribution in [1.29, 1.82) is 0 Å². The van der Waals surface area contributed by atoms with Gasteiger partial charge in [-0.2, -0.15) is 18.3 Å². The maximum absolute atomic E-state index is 13.0. The van der Waals surface area contributed by atoms with Crippen LogP contribution in [0, 0.1) is 13.8 Å². The number of aromatic nitrogens is 2. The Balaban J connectivity index is 1.70. The van der Waals surface area contributed by atoms with Gasteiger partial charge >= 0.3 is 6.18 Å². The number of likely N-dealkylation sites (tertiary alicyclic amines) is 1. The van der Waals surface area contributed by atoms with Gasteiger partial charge in [-0.15, -0.1) is 0 Å². The summed E-state index contributed by atoms with van der Waals surface area (Å²) in [6.07, 6.45) is -2.41. The average Bonchev–Trinajstić information content (AvgIpc) is 2.96. The highest BCUT2D eigenvalue weighted by molar-refractivity contribution is 5.79. The Kier molecular flexibility index (Phi) is 6.55. The molecule has 30 heavy (non-hydrogen) atoms. The van der Waals surface area contributed by atoms with Gasteiger partial charge in [-0.3, -0.25) is 4.79 Å². The molecule has 1 aromatic heterocycles. The Labute approximate surface area is 175 Å². The Hall–Kier alpha value is -2.35. The van der Waals surface area contributed by atoms with E-state index in [0.717, 1.165) is 43.6 Å². The minimum absolute atomic E-state index is 0.0761. The van der Waals surface area contributed by atoms with E-state index in [-0.39, 0.29) is 18.4 Å². The number of carbonyl (C=O) groups excluding carboxylic acids is 1. The van der Waals surface area contributed by atoms with E-state index >= 15 is 0 Å². The van der Waals surface area contributed by atoms with Crippen molar-refractivity contribution in [3.63, 3.8) is 0 Å². The summed E-state index contributed by atoms with van der Waals surface area (Å²) in [5, 5.41) is 7.50. The van der Waals surface area contributed by atoms with E-state index < -0.39 is 11.7 Å². The Morgan fingerprint density at radius 1 is 1.23 bits per heavy atom. The first-order chi connectivity index (χ1) is 14.1. The van der Waals surface area contributed by atoms with Crippen molar-refractivity contribution < 1.29 is 18.0 Å². The molecule has 1 amide bonds. The molecule has 3 rings (SSSR count). The fourth-order valence-electron chi connectivity index (χ4n) is 4.00. The zero-order chi connectivity index (χ0) is 22.1. The van der Waals surface area contributed by atoms with Crippen molar-refractivity contribution in [2.24, 2.45) is 0 Å². The molecule has 1 aliphatic heterocycles. The standard InChI is InChI=1S/C22H29F3N4O/c1-14(2)28-10-8-18(9-11-28)26-21(30)13-20-15(3)27-29(16(20)4)19-7-5-6-17(12-19)22(23,24)25/h5-7,12,14,18H,8-11,13H2,1-4H3,(H,26,30). The van der Waals surface area contributed by atoms with E-state index in [4.69, 9.17) is 0 Å². The van der Waals surface area contributed by atoms with Gasteiger partial charge in [0.15, 0.2) is 0 Å². The van der Waals surface area contributed by atoms with Crippen LogP contribution in [-0.2, 0) is 17.4 Å². The van der Waals surface area contributed by atoms with Crippen LogP contribution in [0.3, 0.4) is 0 Å². The van der Waals surface area contributed by atoms with Crippen LogP contribution in [0.25, 0.3) is 5.69 Å². The predicted molar refractivity (Wildman–Crippen MR) is 110 cm³/mol. The van der Waals surface area contributed by atoms with Gasteiger partial charge in [-0.25, -0.2) is 4.68 Å². The summed E-state index contributed by atoms with van der Waals surface area (Å²) in [7, 11) is 0. The summed E-state index contributed by atoms with van der Waals surface area (Å²) in [6, 6.07) is 5.73. The monoisotopic (exact) mass is 422 g/mol. The van der Waals surface area contributed by atoms with E-state index in [9.17, 15) is 18.0 Å². The van der Waals surface area contributed by atoms with Gasteiger partial charge in [0.05, 0.1) is 23.4 Å². The molecule has 0 bridgehead atoms. The van der Waals surface area contributed by atoms with Gasteiger partial charge in [0.25, 0.3) is 0 Å². The highest BCUT2D eigenvalue weighted by atomic mass is 19.4. The SMILES string of the molecule is Cc1nn(-c2cccc(C(F)(F)F)c2)c(C)c1CC(=O)NC1CCN(C(C)C)CC1. The van der Waals surface area contributed by atoms with E-state index in [1.807, 2.05) is 0 Å². The first-order valence-electron chi connectivity index (χ1n) is 10.3. The number of amides is 1. The molecule has 164 valence electrons. The molecular weight excluding hydrogens is 393 g/mol. The smallest absolute Gasteiger partial charge is 0.353 e. The van der Waals surface area contributed by atoms with Gasteiger partial charge in [-0.05, 0) is 58.7 Å². The molecule has 0 aliphatic carbocycles. The highest BCUT2D eigenvalue weighted by Crippen LogP contribution is 2.31. The van der Waals surface area contributed by atoms with Crippen LogP contribution in [0.4, 0.5) is 13.2 Å². The lowest BCUT2D eigenvalue weighted by molar-refractivity contribution is -0.137. The zero-order valence-corrected chi connectivity index (χ0v) is 17.9. The highest BCUT2D eigenvalue weighted by Gasteiger charge is 2.31. The molecule has 5 nitrogen and oxygen atoms in total. The molecule has 1 fully saturated rings. The first-order valence-corrected chi connectivity index (χ1v) is 10.3. The van der Waals surface area contributed by atoms with Gasteiger partial charge in [0.1, 0.15) is 0 Å². The quantitative estimate of drug-likeness (QED) is 0.791. The first kappa shape index (κ1) is 22.3. The molecule has 2 heterocycles. The van der Waals surface area contributed by atoms with Gasteiger partial charge in [-0.1, -0.05) is 6.07 Å². The second kappa shape index (κ2) is 8.79. The molecule has 0 atom stereocenters. The fourth-order valence-corrected chi connectivity index (χ4v) is 4.00. The molecule has 2 aromatic rings. The van der Waals surface area contributed by atoms with Crippen LogP contribution in [0.5, 0.6) is 0 Å². The Bertz CT molecular complexity index is 896. The molecule has 0 spiro atoms. The summed E-state index contributed by atoms with van der Waals surface area (Å²) in [4.78, 5) is 15.0. The number of piperidine rings is 1. The summed E-state index contributed by atoms with van der Waals surface area (Å²) < 4.78 is 40.6. The van der Waals surface area contributed by atoms with Crippen LogP contribution >= 0.6 is 0 Å². The van der Waals surface area contributed by atoms with E-state index in [0.29, 0.717) is 23.1 Å². The molecule has 8 heteroatoms. The van der Waals surface area contributed by atoms with Gasteiger partial charge < -0.3 is 10.2 Å². The number of nitrogens with one attached hydrogen (secondary N) is 1. The number of hydrogen-bond donors (Lipinski definition) is 1. The molecule has 0 radical (unpaired) electrons. The molecule has 0 unspecified atom stereocenters. The Morgan fingerprint density at radius 3 is 2.50 bits per heavy atom. The van der Waals surface area contributed by atoms with Crippen molar-refractivity contribution in [2.75, 3.05) is 13.1 Å². The lowest BCUT2D eigenvalue weighted by Crippen LogP contribution is -2.47. The van der Waals surface area contributed by atoms with E-state index in [1.165, 1.54) is 10.7 Å². The van der Waals surface area contributed by atoms with Gasteiger partial charge in [0.2, 0.25) is 5.91 Å². The summed E-state index contributed by atoms with van der Waals surface area (Å²) in [5.41, 5.74) is 1.69. The normalized spacial score (nSPS) is 16.3. The molecule has 1 aromatic carbocycles. The number of nitrogens with zero attached hydrogens (tertiary/aromatic N) is 3. The topological polar surface area (TPSA) is 50.2 Å². The second-order valence-electron chi connectivity index (χ2n) is 8.26. The summed E-state index contributed by atoms with van der Waals surface area (Å²) >= 11 is 0. The van der Waals surface area contributed by atoms with Crippen molar-refractivity contribution in [1.82, 2.24) is 20.0 Å². The lowest BCUT2D eigenvalue weighted by atomic mass is 10.0. The fraction of sp³-hybridized carbons (Fsp3) is 0.545. The van der Waals surface area contributed by atoms with Crippen molar-refractivity contribution in [2.45, 2.75) is 65.2 Å². The third kappa shape index (κ3) is 5.03. The number of hydrogen-bond acceptors (Lipinski definition) is 3. The third-order valence-corrected chi connectivity index (χ3v) is 5.82. The molecule has 1 N–H and O–H groups in total. The minimum atomic E-state index is -4.42. The summed E-state index contributed by atoms with van der Waals surface area (Å²) in [6.45, 7) is 9.84. The number of aryl methyl sites for hydroxylation is 1. The van der Waals surface area contributed by atoms with Crippen molar-refractivity contribution in [3.8, 4) is 5.69 Å². The molecule has 0 saturated carbocycles. The van der Waals surface area contributed by atoms with Crippen LogP contribution in [0.15, 0.2) is 24.3 Å². The van der Waals surface area contributed by atoms with Gasteiger partial charge in [0, 0.05) is 36.4 Å². The molecular formula is C22H29F3N4O. The number of halogens is 3. The largest absolute Gasteiger partial charge is 0.416 e. The van der Waals surface area contributed by atoms with Crippen LogP contribution in [0.2, 0.25) is 0 Å². The van der Waals surface area contributed by atoms with Crippen LogP contribution < -0.4 is 5.32 Å². The predicted octanol–water partition coefficient (Wildman–Crippen LogP) is 4.04. The zero-order valence-electron chi connectivity index (χ0n) is 17.9. The van der Waals surface area contributed by atoms with Crippen molar-refractivity contribution in [3.05, 3.63) is 46.8 Å². The molecule has 1 aliphatic rings. The number of rotatable bonds is 5. The van der Waals surface area contributed by atoms with E-state index in [1.54, 1.807) is 19.9 Å². The maximum Gasteiger partial charge on any atom is 0.416 e. The summed E-state index contributed by atoms with van der Waals surface area (Å²) in [5.74, 6) is -0.0761. The van der Waals surface area contributed by atoms with Crippen molar-refractivity contribution >= 4 is 5.91 Å². The Morgan fingerprint density at radius 2 is 1.90 bits per heavy atom. The number of alkyl halides is 3. The molecule has 1 saturated heterocycles. The van der Waals surface area contributed by atoms with Crippen LogP contribution in [-0.4, -0.2) is 45.8 Å². The lowest BCUT2D eigenvalue weighted by Gasteiger charge is -2.34. The third-order valence-electron chi connectivity index (χ3n) is 5.82. The minimum Gasteiger partial charge on any atom is -0.353 e. The number of benzene rings is 1. The number of carbonyl (C=O) groups is 1. The van der Waals surface area contributed by atoms with Crippen LogP contribution in [0.1, 0.15) is 49.2 Å².